The third kappa shape index (κ3) is 4.39. The summed E-state index contributed by atoms with van der Waals surface area (Å²) in [6.07, 6.45) is 0. The number of hydrogen-bond donors (Lipinski definition) is 2. The van der Waals surface area contributed by atoms with E-state index in [0.717, 1.165) is 11.1 Å². The van der Waals surface area contributed by atoms with E-state index in [1.807, 2.05) is 30.3 Å². The molecule has 2 rings (SSSR count). The second-order valence-corrected chi connectivity index (χ2v) is 6.11. The molecule has 5 heteroatoms. The number of benzene rings is 2. The molecule has 2 aromatic carbocycles. The van der Waals surface area contributed by atoms with E-state index in [1.165, 1.54) is 0 Å². The first-order chi connectivity index (χ1) is 9.05. The van der Waals surface area contributed by atoms with Crippen molar-refractivity contribution in [1.82, 2.24) is 4.72 Å². The number of nitrogens with one attached hydrogen (secondary N) is 1. The summed E-state index contributed by atoms with van der Waals surface area (Å²) in [4.78, 5) is 0. The normalized spacial score (nSPS) is 11.4. The molecule has 0 aliphatic heterocycles. The summed E-state index contributed by atoms with van der Waals surface area (Å²) >= 11 is 0. The van der Waals surface area contributed by atoms with Crippen molar-refractivity contribution < 1.29 is 8.42 Å². The number of hydrogen-bond acceptors (Lipinski definition) is 3. The van der Waals surface area contributed by atoms with Crippen LogP contribution in [0.1, 0.15) is 11.1 Å². The number of anilines is 1. The molecule has 0 bridgehead atoms. The van der Waals surface area contributed by atoms with Gasteiger partial charge in [0.25, 0.3) is 0 Å². The van der Waals surface area contributed by atoms with Crippen LogP contribution in [0.3, 0.4) is 0 Å². The van der Waals surface area contributed by atoms with Crippen LogP contribution in [0, 0.1) is 0 Å². The van der Waals surface area contributed by atoms with Crippen molar-refractivity contribution in [3.05, 3.63) is 65.7 Å². The zero-order valence-corrected chi connectivity index (χ0v) is 11.2. The first-order valence-corrected chi connectivity index (χ1v) is 7.56. The molecular weight excluding hydrogens is 260 g/mol. The molecule has 0 saturated carbocycles. The van der Waals surface area contributed by atoms with Crippen molar-refractivity contribution in [2.75, 3.05) is 5.73 Å². The van der Waals surface area contributed by atoms with Crippen LogP contribution in [0.2, 0.25) is 0 Å². The average molecular weight is 276 g/mol. The van der Waals surface area contributed by atoms with Gasteiger partial charge in [0.05, 0.1) is 5.75 Å². The van der Waals surface area contributed by atoms with Crippen LogP contribution >= 0.6 is 0 Å². The number of rotatable bonds is 5. The van der Waals surface area contributed by atoms with Gasteiger partial charge in [-0.25, -0.2) is 13.1 Å². The third-order valence-corrected chi connectivity index (χ3v) is 3.97. The second-order valence-electron chi connectivity index (χ2n) is 4.31. The fourth-order valence-electron chi connectivity index (χ4n) is 1.67. The Kier molecular flexibility index (Phi) is 4.19. The maximum Gasteiger partial charge on any atom is 0.216 e. The highest BCUT2D eigenvalue weighted by Gasteiger charge is 2.10. The Balaban J connectivity index is 1.97. The lowest BCUT2D eigenvalue weighted by atomic mass is 10.2. The van der Waals surface area contributed by atoms with Gasteiger partial charge in [0.2, 0.25) is 10.0 Å². The van der Waals surface area contributed by atoms with Gasteiger partial charge < -0.3 is 5.73 Å². The van der Waals surface area contributed by atoms with Crippen molar-refractivity contribution in [2.24, 2.45) is 0 Å². The fraction of sp³-hybridized carbons (Fsp3) is 0.143. The van der Waals surface area contributed by atoms with E-state index >= 15 is 0 Å². The van der Waals surface area contributed by atoms with E-state index in [-0.39, 0.29) is 5.75 Å². The Hall–Kier alpha value is -1.85. The second kappa shape index (κ2) is 5.86. The van der Waals surface area contributed by atoms with Crippen molar-refractivity contribution in [3.63, 3.8) is 0 Å². The topological polar surface area (TPSA) is 72.2 Å². The van der Waals surface area contributed by atoms with E-state index in [2.05, 4.69) is 4.72 Å². The van der Waals surface area contributed by atoms with Gasteiger partial charge in [-0.3, -0.25) is 0 Å². The first-order valence-electron chi connectivity index (χ1n) is 5.91. The lowest BCUT2D eigenvalue weighted by Crippen LogP contribution is -2.24. The van der Waals surface area contributed by atoms with Crippen molar-refractivity contribution in [1.29, 1.82) is 0 Å². The quantitative estimate of drug-likeness (QED) is 0.819. The zero-order chi connectivity index (χ0) is 13.7. The summed E-state index contributed by atoms with van der Waals surface area (Å²) in [7, 11) is -3.34. The molecule has 0 heterocycles. The molecule has 0 atom stereocenters. The molecule has 0 saturated heterocycles. The summed E-state index contributed by atoms with van der Waals surface area (Å²) in [5, 5.41) is 0. The Bertz CT molecular complexity index is 622. The fourth-order valence-corrected chi connectivity index (χ4v) is 2.79. The molecule has 0 amide bonds. The highest BCUT2D eigenvalue weighted by atomic mass is 32.2. The molecule has 100 valence electrons. The van der Waals surface area contributed by atoms with Crippen molar-refractivity contribution >= 4 is 15.7 Å². The zero-order valence-electron chi connectivity index (χ0n) is 10.4. The van der Waals surface area contributed by atoms with Crippen LogP contribution in [0.5, 0.6) is 0 Å². The van der Waals surface area contributed by atoms with Crippen molar-refractivity contribution in [3.8, 4) is 0 Å². The van der Waals surface area contributed by atoms with Gasteiger partial charge in [-0.2, -0.15) is 0 Å². The minimum absolute atomic E-state index is 0.0416. The summed E-state index contributed by atoms with van der Waals surface area (Å²) in [6.45, 7) is 0.304. The molecule has 2 aromatic rings. The van der Waals surface area contributed by atoms with E-state index in [1.54, 1.807) is 24.3 Å². The first kappa shape index (κ1) is 13.6. The predicted octanol–water partition coefficient (Wildman–Crippen LogP) is 1.89. The maximum atomic E-state index is 11.9. The molecular formula is C14H16N2O2S. The minimum Gasteiger partial charge on any atom is -0.399 e. The van der Waals surface area contributed by atoms with Crippen LogP contribution in [-0.2, 0) is 22.3 Å². The smallest absolute Gasteiger partial charge is 0.216 e. The van der Waals surface area contributed by atoms with Crippen LogP contribution in [0.15, 0.2) is 54.6 Å². The van der Waals surface area contributed by atoms with Gasteiger partial charge in [0.1, 0.15) is 0 Å². The van der Waals surface area contributed by atoms with E-state index < -0.39 is 10.0 Å². The highest BCUT2D eigenvalue weighted by Crippen LogP contribution is 2.09. The molecule has 0 unspecified atom stereocenters. The molecule has 0 fully saturated rings. The van der Waals surface area contributed by atoms with Gasteiger partial charge in [-0.15, -0.1) is 0 Å². The van der Waals surface area contributed by atoms with E-state index in [0.29, 0.717) is 12.2 Å². The molecule has 4 nitrogen and oxygen atoms in total. The van der Waals surface area contributed by atoms with Crippen LogP contribution in [0.4, 0.5) is 5.69 Å². The number of sulfonamides is 1. The number of nitrogens with two attached hydrogens (primary N) is 1. The van der Waals surface area contributed by atoms with Crippen molar-refractivity contribution in [2.45, 2.75) is 12.3 Å². The Morgan fingerprint density at radius 1 is 0.895 bits per heavy atom. The Morgan fingerprint density at radius 2 is 1.53 bits per heavy atom. The maximum absolute atomic E-state index is 11.9. The standard InChI is InChI=1S/C14H16N2O2S/c15-14-8-6-13(7-9-14)11-19(17,18)16-10-12-4-2-1-3-5-12/h1-9,16H,10-11,15H2. The largest absolute Gasteiger partial charge is 0.399 e. The Morgan fingerprint density at radius 3 is 2.16 bits per heavy atom. The van der Waals surface area contributed by atoms with Gasteiger partial charge in [-0.1, -0.05) is 42.5 Å². The SMILES string of the molecule is Nc1ccc(CS(=O)(=O)NCc2ccccc2)cc1. The molecule has 0 aliphatic carbocycles. The van der Waals surface area contributed by atoms with E-state index in [4.69, 9.17) is 5.73 Å². The monoisotopic (exact) mass is 276 g/mol. The molecule has 19 heavy (non-hydrogen) atoms. The molecule has 0 aliphatic rings. The highest BCUT2D eigenvalue weighted by molar-refractivity contribution is 7.88. The molecule has 3 N–H and O–H groups in total. The minimum atomic E-state index is -3.34. The van der Waals surface area contributed by atoms with Gasteiger partial charge in [0, 0.05) is 12.2 Å². The number of nitrogen functional groups attached to an aromatic ring is 1. The molecule has 0 radical (unpaired) electrons. The van der Waals surface area contributed by atoms with Crippen LogP contribution < -0.4 is 10.5 Å². The lowest BCUT2D eigenvalue weighted by molar-refractivity contribution is 0.580. The Labute approximate surface area is 113 Å². The van der Waals surface area contributed by atoms with Gasteiger partial charge >= 0.3 is 0 Å². The average Bonchev–Trinajstić information content (AvgIpc) is 2.40. The third-order valence-electron chi connectivity index (χ3n) is 2.68. The van der Waals surface area contributed by atoms with E-state index in [9.17, 15) is 8.42 Å². The molecule has 0 aromatic heterocycles. The summed E-state index contributed by atoms with van der Waals surface area (Å²) in [6, 6.07) is 16.2. The van der Waals surface area contributed by atoms with Crippen LogP contribution in [-0.4, -0.2) is 8.42 Å². The van der Waals surface area contributed by atoms with Gasteiger partial charge in [-0.05, 0) is 23.3 Å². The molecule has 0 spiro atoms. The summed E-state index contributed by atoms with van der Waals surface area (Å²) in [5.74, 6) is -0.0416. The van der Waals surface area contributed by atoms with Gasteiger partial charge in [0.15, 0.2) is 0 Å². The van der Waals surface area contributed by atoms with Crippen LogP contribution in [0.25, 0.3) is 0 Å². The summed E-state index contributed by atoms with van der Waals surface area (Å²) in [5.41, 5.74) is 7.83. The summed E-state index contributed by atoms with van der Waals surface area (Å²) < 4.78 is 26.4. The predicted molar refractivity (Wildman–Crippen MR) is 76.8 cm³/mol. The lowest BCUT2D eigenvalue weighted by Gasteiger charge is -2.07.